The molecule has 0 fully saturated rings. The van der Waals surface area contributed by atoms with E-state index in [0.717, 1.165) is 11.1 Å². The SMILES string of the molecule is CC(CBr)Oc1ccc(Oc2ccc(Cl)cc2Cl)cc1. The second-order valence-corrected chi connectivity index (χ2v) is 5.72. The summed E-state index contributed by atoms with van der Waals surface area (Å²) in [4.78, 5) is 0. The lowest BCUT2D eigenvalue weighted by Crippen LogP contribution is -2.12. The number of alkyl halides is 1. The van der Waals surface area contributed by atoms with Crippen LogP contribution in [0.4, 0.5) is 0 Å². The molecule has 106 valence electrons. The lowest BCUT2D eigenvalue weighted by atomic mass is 10.3. The summed E-state index contributed by atoms with van der Waals surface area (Å²) in [6.07, 6.45) is 0.118. The first-order valence-corrected chi connectivity index (χ1v) is 7.92. The van der Waals surface area contributed by atoms with Crippen LogP contribution in [-0.4, -0.2) is 11.4 Å². The highest BCUT2D eigenvalue weighted by Gasteiger charge is 2.05. The minimum Gasteiger partial charge on any atom is -0.490 e. The summed E-state index contributed by atoms with van der Waals surface area (Å²) in [5, 5.41) is 1.84. The van der Waals surface area contributed by atoms with Gasteiger partial charge in [0.1, 0.15) is 23.4 Å². The molecule has 0 aliphatic carbocycles. The van der Waals surface area contributed by atoms with Gasteiger partial charge < -0.3 is 9.47 Å². The Labute approximate surface area is 136 Å². The molecular formula is C15H13BrCl2O2. The predicted octanol–water partition coefficient (Wildman–Crippen LogP) is 5.95. The van der Waals surface area contributed by atoms with Crippen molar-refractivity contribution < 1.29 is 9.47 Å². The van der Waals surface area contributed by atoms with Crippen LogP contribution in [0.15, 0.2) is 42.5 Å². The second kappa shape index (κ2) is 7.21. The molecule has 0 aromatic heterocycles. The van der Waals surface area contributed by atoms with Gasteiger partial charge in [0, 0.05) is 10.4 Å². The van der Waals surface area contributed by atoms with Gasteiger partial charge in [0.05, 0.1) is 5.02 Å². The van der Waals surface area contributed by atoms with Crippen molar-refractivity contribution in [2.24, 2.45) is 0 Å². The first-order valence-electron chi connectivity index (χ1n) is 6.04. The van der Waals surface area contributed by atoms with Crippen molar-refractivity contribution in [1.82, 2.24) is 0 Å². The van der Waals surface area contributed by atoms with E-state index in [9.17, 15) is 0 Å². The van der Waals surface area contributed by atoms with E-state index in [1.807, 2.05) is 31.2 Å². The van der Waals surface area contributed by atoms with Gasteiger partial charge in [0.25, 0.3) is 0 Å². The summed E-state index contributed by atoms with van der Waals surface area (Å²) < 4.78 is 11.4. The molecule has 2 rings (SSSR count). The summed E-state index contributed by atoms with van der Waals surface area (Å²) in [5.41, 5.74) is 0. The third-order valence-electron chi connectivity index (χ3n) is 2.50. The predicted molar refractivity (Wildman–Crippen MR) is 86.9 cm³/mol. The van der Waals surface area contributed by atoms with Gasteiger partial charge >= 0.3 is 0 Å². The van der Waals surface area contributed by atoms with Crippen molar-refractivity contribution in [2.45, 2.75) is 13.0 Å². The van der Waals surface area contributed by atoms with Crippen LogP contribution in [0.1, 0.15) is 6.92 Å². The Kier molecular flexibility index (Phi) is 5.58. The van der Waals surface area contributed by atoms with Crippen molar-refractivity contribution in [3.8, 4) is 17.2 Å². The summed E-state index contributed by atoms with van der Waals surface area (Å²) in [6.45, 7) is 1.99. The third-order valence-corrected chi connectivity index (χ3v) is 3.94. The zero-order valence-electron chi connectivity index (χ0n) is 10.8. The Bertz CT molecular complexity index is 573. The van der Waals surface area contributed by atoms with Crippen LogP contribution in [0.2, 0.25) is 10.0 Å². The molecule has 0 amide bonds. The van der Waals surface area contributed by atoms with Gasteiger partial charge in [-0.2, -0.15) is 0 Å². The zero-order valence-corrected chi connectivity index (χ0v) is 13.9. The first kappa shape index (κ1) is 15.5. The molecule has 0 saturated heterocycles. The van der Waals surface area contributed by atoms with Crippen molar-refractivity contribution >= 4 is 39.1 Å². The smallest absolute Gasteiger partial charge is 0.146 e. The molecule has 0 aliphatic heterocycles. The fourth-order valence-corrected chi connectivity index (χ4v) is 2.11. The van der Waals surface area contributed by atoms with Gasteiger partial charge in [-0.25, -0.2) is 0 Å². The third kappa shape index (κ3) is 4.30. The molecule has 1 unspecified atom stereocenters. The zero-order chi connectivity index (χ0) is 14.5. The fourth-order valence-electron chi connectivity index (χ4n) is 1.54. The number of hydrogen-bond donors (Lipinski definition) is 0. The molecule has 0 spiro atoms. The summed E-state index contributed by atoms with van der Waals surface area (Å²) in [5.74, 6) is 2.05. The largest absolute Gasteiger partial charge is 0.490 e. The Morgan fingerprint density at radius 3 is 2.30 bits per heavy atom. The van der Waals surface area contributed by atoms with E-state index in [1.54, 1.807) is 18.2 Å². The average Bonchev–Trinajstić information content (AvgIpc) is 2.44. The van der Waals surface area contributed by atoms with Gasteiger partial charge in [-0.3, -0.25) is 0 Å². The maximum Gasteiger partial charge on any atom is 0.146 e. The topological polar surface area (TPSA) is 18.5 Å². The minimum atomic E-state index is 0.118. The van der Waals surface area contributed by atoms with Crippen molar-refractivity contribution in [3.63, 3.8) is 0 Å². The number of rotatable bonds is 5. The van der Waals surface area contributed by atoms with Crippen LogP contribution in [0.3, 0.4) is 0 Å². The lowest BCUT2D eigenvalue weighted by molar-refractivity contribution is 0.248. The van der Waals surface area contributed by atoms with E-state index >= 15 is 0 Å². The van der Waals surface area contributed by atoms with Gasteiger partial charge in [-0.05, 0) is 49.4 Å². The molecule has 0 N–H and O–H groups in total. The van der Waals surface area contributed by atoms with Crippen LogP contribution >= 0.6 is 39.1 Å². The first-order chi connectivity index (χ1) is 9.58. The second-order valence-electron chi connectivity index (χ2n) is 4.23. The minimum absolute atomic E-state index is 0.118. The van der Waals surface area contributed by atoms with Crippen molar-refractivity contribution in [1.29, 1.82) is 0 Å². The summed E-state index contributed by atoms with van der Waals surface area (Å²) in [6, 6.07) is 12.5. The molecule has 2 aromatic rings. The average molecular weight is 376 g/mol. The molecule has 2 aromatic carbocycles. The lowest BCUT2D eigenvalue weighted by Gasteiger charge is -2.12. The maximum atomic E-state index is 6.06. The molecular weight excluding hydrogens is 363 g/mol. The van der Waals surface area contributed by atoms with Gasteiger partial charge in [0.2, 0.25) is 0 Å². The molecule has 2 nitrogen and oxygen atoms in total. The van der Waals surface area contributed by atoms with Crippen LogP contribution in [0.25, 0.3) is 0 Å². The van der Waals surface area contributed by atoms with E-state index in [1.165, 1.54) is 0 Å². The molecule has 0 bridgehead atoms. The van der Waals surface area contributed by atoms with Gasteiger partial charge in [0.15, 0.2) is 0 Å². The van der Waals surface area contributed by atoms with Crippen LogP contribution in [-0.2, 0) is 0 Å². The van der Waals surface area contributed by atoms with E-state index in [2.05, 4.69) is 15.9 Å². The van der Waals surface area contributed by atoms with Crippen LogP contribution in [0.5, 0.6) is 17.2 Å². The Morgan fingerprint density at radius 2 is 1.70 bits per heavy atom. The van der Waals surface area contributed by atoms with Gasteiger partial charge in [-0.1, -0.05) is 39.1 Å². The maximum absolute atomic E-state index is 6.06. The quantitative estimate of drug-likeness (QED) is 0.601. The van der Waals surface area contributed by atoms with E-state index < -0.39 is 0 Å². The van der Waals surface area contributed by atoms with Crippen LogP contribution in [0, 0.1) is 0 Å². The molecule has 0 aliphatic rings. The molecule has 5 heteroatoms. The monoisotopic (exact) mass is 374 g/mol. The van der Waals surface area contributed by atoms with Crippen molar-refractivity contribution in [2.75, 3.05) is 5.33 Å². The Balaban J connectivity index is 2.07. The Hall–Kier alpha value is -0.900. The molecule has 0 radical (unpaired) electrons. The summed E-state index contributed by atoms with van der Waals surface area (Å²) >= 11 is 15.3. The van der Waals surface area contributed by atoms with Gasteiger partial charge in [-0.15, -0.1) is 0 Å². The summed E-state index contributed by atoms with van der Waals surface area (Å²) in [7, 11) is 0. The standard InChI is InChI=1S/C15H13BrCl2O2/c1-10(9-16)19-12-3-5-13(6-4-12)20-15-7-2-11(17)8-14(15)18/h2-8,10H,9H2,1H3. The highest BCUT2D eigenvalue weighted by molar-refractivity contribution is 9.09. The van der Waals surface area contributed by atoms with E-state index in [4.69, 9.17) is 32.7 Å². The normalized spacial score (nSPS) is 12.0. The fraction of sp³-hybridized carbons (Fsp3) is 0.200. The molecule has 0 heterocycles. The number of ether oxygens (including phenoxy) is 2. The number of halogens is 3. The van der Waals surface area contributed by atoms with E-state index in [0.29, 0.717) is 21.5 Å². The Morgan fingerprint density at radius 1 is 1.05 bits per heavy atom. The molecule has 1 atom stereocenters. The van der Waals surface area contributed by atoms with Crippen molar-refractivity contribution in [3.05, 3.63) is 52.5 Å². The highest BCUT2D eigenvalue weighted by atomic mass is 79.9. The number of benzene rings is 2. The number of hydrogen-bond acceptors (Lipinski definition) is 2. The molecule has 20 heavy (non-hydrogen) atoms. The van der Waals surface area contributed by atoms with Crippen LogP contribution < -0.4 is 9.47 Å². The highest BCUT2D eigenvalue weighted by Crippen LogP contribution is 2.32. The molecule has 0 saturated carbocycles. The van der Waals surface area contributed by atoms with E-state index in [-0.39, 0.29) is 6.10 Å².